The highest BCUT2D eigenvalue weighted by molar-refractivity contribution is 7.84. The van der Waals surface area contributed by atoms with Gasteiger partial charge in [0.1, 0.15) is 11.4 Å². The third-order valence-corrected chi connectivity index (χ3v) is 2.88. The molecule has 7 heteroatoms. The molecule has 1 aromatic rings. The Hall–Kier alpha value is -1.63. The standard InChI is InChI=1S/C10H14N2O4S/c1-16-8-3-4-10(12(13)14)9(7-8)11-5-6-17(2)15/h3-4,7,11H,5-6H2,1-2H3. The molecule has 0 heterocycles. The second-order valence-corrected chi connectivity index (χ2v) is 4.90. The summed E-state index contributed by atoms with van der Waals surface area (Å²) in [6.45, 7) is 0.414. The molecule has 0 bridgehead atoms. The first kappa shape index (κ1) is 13.4. The van der Waals surface area contributed by atoms with Gasteiger partial charge in [0.15, 0.2) is 0 Å². The molecule has 0 fully saturated rings. The molecule has 0 aliphatic rings. The van der Waals surface area contributed by atoms with Gasteiger partial charge < -0.3 is 10.1 Å². The molecule has 0 saturated heterocycles. The van der Waals surface area contributed by atoms with Crippen molar-refractivity contribution in [3.8, 4) is 5.75 Å². The fraction of sp³-hybridized carbons (Fsp3) is 0.400. The van der Waals surface area contributed by atoms with E-state index in [-0.39, 0.29) is 5.69 Å². The molecule has 1 aromatic carbocycles. The summed E-state index contributed by atoms with van der Waals surface area (Å²) in [5.74, 6) is 0.977. The van der Waals surface area contributed by atoms with E-state index in [1.807, 2.05) is 0 Å². The van der Waals surface area contributed by atoms with Crippen LogP contribution in [0.3, 0.4) is 0 Å². The number of rotatable bonds is 6. The van der Waals surface area contributed by atoms with E-state index < -0.39 is 15.7 Å². The molecular formula is C10H14N2O4S. The molecule has 0 spiro atoms. The van der Waals surface area contributed by atoms with Gasteiger partial charge in [-0.1, -0.05) is 0 Å². The Balaban J connectivity index is 2.85. The minimum absolute atomic E-state index is 0.0207. The van der Waals surface area contributed by atoms with Gasteiger partial charge in [-0.2, -0.15) is 0 Å². The van der Waals surface area contributed by atoms with Gasteiger partial charge in [-0.25, -0.2) is 0 Å². The van der Waals surface area contributed by atoms with Gasteiger partial charge in [0.2, 0.25) is 0 Å². The average Bonchev–Trinajstić information content (AvgIpc) is 2.28. The number of nitrogens with zero attached hydrogens (tertiary/aromatic N) is 1. The van der Waals surface area contributed by atoms with E-state index in [4.69, 9.17) is 4.74 Å². The maximum Gasteiger partial charge on any atom is 0.292 e. The van der Waals surface area contributed by atoms with Crippen molar-refractivity contribution in [2.45, 2.75) is 0 Å². The lowest BCUT2D eigenvalue weighted by Crippen LogP contribution is -2.11. The van der Waals surface area contributed by atoms with Crippen molar-refractivity contribution in [1.82, 2.24) is 0 Å². The van der Waals surface area contributed by atoms with E-state index in [0.717, 1.165) is 0 Å². The lowest BCUT2D eigenvalue weighted by molar-refractivity contribution is -0.384. The normalized spacial score (nSPS) is 11.9. The van der Waals surface area contributed by atoms with Crippen LogP contribution in [0.15, 0.2) is 18.2 Å². The molecule has 0 aliphatic heterocycles. The van der Waals surface area contributed by atoms with Gasteiger partial charge >= 0.3 is 0 Å². The van der Waals surface area contributed by atoms with Gasteiger partial charge in [-0.3, -0.25) is 14.3 Å². The molecule has 0 saturated carbocycles. The van der Waals surface area contributed by atoms with Crippen LogP contribution in [0.5, 0.6) is 5.75 Å². The molecular weight excluding hydrogens is 244 g/mol. The number of hydrogen-bond donors (Lipinski definition) is 1. The molecule has 0 aliphatic carbocycles. The minimum atomic E-state index is -0.927. The van der Waals surface area contributed by atoms with Crippen molar-refractivity contribution in [2.75, 3.05) is 31.0 Å². The van der Waals surface area contributed by atoms with Crippen molar-refractivity contribution in [3.05, 3.63) is 28.3 Å². The van der Waals surface area contributed by atoms with Crippen LogP contribution >= 0.6 is 0 Å². The van der Waals surface area contributed by atoms with Crippen molar-refractivity contribution in [2.24, 2.45) is 0 Å². The fourth-order valence-electron chi connectivity index (χ4n) is 1.27. The summed E-state index contributed by atoms with van der Waals surface area (Å²) in [7, 11) is 0.565. The summed E-state index contributed by atoms with van der Waals surface area (Å²) in [4.78, 5) is 10.3. The highest BCUT2D eigenvalue weighted by atomic mass is 32.2. The van der Waals surface area contributed by atoms with Crippen molar-refractivity contribution < 1.29 is 13.9 Å². The molecule has 17 heavy (non-hydrogen) atoms. The van der Waals surface area contributed by atoms with Crippen LogP contribution in [0.2, 0.25) is 0 Å². The zero-order valence-electron chi connectivity index (χ0n) is 9.63. The summed E-state index contributed by atoms with van der Waals surface area (Å²) in [6, 6.07) is 4.46. The number of ether oxygens (including phenoxy) is 1. The average molecular weight is 258 g/mol. The Bertz CT molecular complexity index is 436. The first-order valence-electron chi connectivity index (χ1n) is 4.91. The van der Waals surface area contributed by atoms with Gasteiger partial charge in [-0.15, -0.1) is 0 Å². The Morgan fingerprint density at radius 1 is 1.53 bits per heavy atom. The van der Waals surface area contributed by atoms with Crippen LogP contribution in [0.25, 0.3) is 0 Å². The van der Waals surface area contributed by atoms with Gasteiger partial charge in [0.25, 0.3) is 5.69 Å². The number of nitrogens with one attached hydrogen (secondary N) is 1. The molecule has 1 atom stereocenters. The first-order valence-corrected chi connectivity index (χ1v) is 6.63. The predicted molar refractivity (Wildman–Crippen MR) is 67.1 cm³/mol. The van der Waals surface area contributed by atoms with Crippen LogP contribution in [-0.2, 0) is 10.8 Å². The second-order valence-electron chi connectivity index (χ2n) is 3.34. The molecule has 0 radical (unpaired) electrons. The van der Waals surface area contributed by atoms with Gasteiger partial charge in [-0.05, 0) is 6.07 Å². The van der Waals surface area contributed by atoms with Crippen molar-refractivity contribution >= 4 is 22.2 Å². The van der Waals surface area contributed by atoms with Crippen LogP contribution in [0.1, 0.15) is 0 Å². The van der Waals surface area contributed by atoms with E-state index in [1.54, 1.807) is 12.3 Å². The summed E-state index contributed by atoms with van der Waals surface area (Å²) in [5, 5.41) is 13.7. The molecule has 0 amide bonds. The first-order chi connectivity index (χ1) is 8.04. The lowest BCUT2D eigenvalue weighted by Gasteiger charge is -2.07. The summed E-state index contributed by atoms with van der Waals surface area (Å²) < 4.78 is 15.9. The van der Waals surface area contributed by atoms with Crippen LogP contribution in [0.4, 0.5) is 11.4 Å². The van der Waals surface area contributed by atoms with E-state index >= 15 is 0 Å². The molecule has 1 rings (SSSR count). The highest BCUT2D eigenvalue weighted by Gasteiger charge is 2.14. The SMILES string of the molecule is COc1ccc([N+](=O)[O-])c(NCCS(C)=O)c1. The van der Waals surface area contributed by atoms with Gasteiger partial charge in [0, 0.05) is 41.5 Å². The Labute approximate surface area is 102 Å². The number of anilines is 1. The number of nitro groups is 1. The second kappa shape index (κ2) is 6.19. The van der Waals surface area contributed by atoms with Crippen LogP contribution < -0.4 is 10.1 Å². The molecule has 1 unspecified atom stereocenters. The Kier molecular flexibility index (Phi) is 4.89. The largest absolute Gasteiger partial charge is 0.497 e. The molecule has 0 aromatic heterocycles. The maximum atomic E-state index is 10.9. The predicted octanol–water partition coefficient (Wildman–Crippen LogP) is 1.39. The topological polar surface area (TPSA) is 81.5 Å². The zero-order valence-corrected chi connectivity index (χ0v) is 10.5. The number of methoxy groups -OCH3 is 1. The maximum absolute atomic E-state index is 10.9. The summed E-state index contributed by atoms with van der Waals surface area (Å²) in [5.41, 5.74) is 0.354. The molecule has 1 N–H and O–H groups in total. The lowest BCUT2D eigenvalue weighted by atomic mass is 10.2. The quantitative estimate of drug-likeness (QED) is 0.616. The van der Waals surface area contributed by atoms with Crippen molar-refractivity contribution in [3.63, 3.8) is 0 Å². The Morgan fingerprint density at radius 3 is 2.76 bits per heavy atom. The monoisotopic (exact) mass is 258 g/mol. The smallest absolute Gasteiger partial charge is 0.292 e. The van der Waals surface area contributed by atoms with Gasteiger partial charge in [0.05, 0.1) is 12.0 Å². The molecule has 94 valence electrons. The van der Waals surface area contributed by atoms with Crippen LogP contribution in [0, 0.1) is 10.1 Å². The van der Waals surface area contributed by atoms with E-state index in [0.29, 0.717) is 23.7 Å². The number of benzene rings is 1. The third-order valence-electron chi connectivity index (χ3n) is 2.11. The van der Waals surface area contributed by atoms with E-state index in [9.17, 15) is 14.3 Å². The zero-order chi connectivity index (χ0) is 12.8. The Morgan fingerprint density at radius 2 is 2.24 bits per heavy atom. The van der Waals surface area contributed by atoms with Crippen LogP contribution in [-0.4, -0.2) is 34.8 Å². The summed E-state index contributed by atoms with van der Waals surface area (Å²) in [6.07, 6.45) is 1.58. The molecule has 6 nitrogen and oxygen atoms in total. The minimum Gasteiger partial charge on any atom is -0.497 e. The highest BCUT2D eigenvalue weighted by Crippen LogP contribution is 2.28. The van der Waals surface area contributed by atoms with E-state index in [1.165, 1.54) is 19.2 Å². The van der Waals surface area contributed by atoms with E-state index in [2.05, 4.69) is 5.32 Å². The third kappa shape index (κ3) is 4.03. The number of hydrogen-bond acceptors (Lipinski definition) is 5. The number of nitro benzene ring substituents is 1. The fourth-order valence-corrected chi connectivity index (χ4v) is 1.66. The summed E-state index contributed by atoms with van der Waals surface area (Å²) >= 11 is 0. The van der Waals surface area contributed by atoms with Crippen molar-refractivity contribution in [1.29, 1.82) is 0 Å².